The van der Waals surface area contributed by atoms with Crippen LogP contribution in [0, 0.1) is 5.92 Å². The minimum absolute atomic E-state index is 0.0560. The second-order valence-corrected chi connectivity index (χ2v) is 7.94. The number of rotatable bonds is 7. The molecule has 0 fully saturated rings. The third-order valence-corrected chi connectivity index (χ3v) is 5.21. The van der Waals surface area contributed by atoms with Crippen LogP contribution in [0.15, 0.2) is 29.6 Å². The lowest BCUT2D eigenvalue weighted by atomic mass is 10.1. The van der Waals surface area contributed by atoms with Gasteiger partial charge in [0.05, 0.1) is 11.6 Å². The van der Waals surface area contributed by atoms with Gasteiger partial charge >= 0.3 is 5.97 Å². The molecule has 10 nitrogen and oxygen atoms in total. The van der Waals surface area contributed by atoms with Crippen molar-refractivity contribution < 1.29 is 19.8 Å². The molecule has 152 valence electrons. The molecule has 11 heteroatoms. The molecule has 0 spiro atoms. The standard InChI is InChI=1S/C18H20N6O4S/c1-8(2)5-12(29-16-13-14(21-7-20-13)23-18(19)24-16)15(26)22-9-3-4-11(25)10(6-9)17(27)28/h3-4,6-8,12,25H,5H2,1-2H3,(H,22,26)(H,27,28)(H3,19,20,21,23,24)/t12-/m0/s1. The summed E-state index contributed by atoms with van der Waals surface area (Å²) < 4.78 is 0. The maximum absolute atomic E-state index is 12.9. The number of carbonyl (C=O) groups excluding carboxylic acids is 1. The Bertz CT molecular complexity index is 1070. The molecule has 6 N–H and O–H groups in total. The van der Waals surface area contributed by atoms with E-state index in [1.54, 1.807) is 0 Å². The van der Waals surface area contributed by atoms with Crippen molar-refractivity contribution in [2.75, 3.05) is 11.1 Å². The van der Waals surface area contributed by atoms with Crippen LogP contribution in [0.1, 0.15) is 30.6 Å². The van der Waals surface area contributed by atoms with Gasteiger partial charge in [-0.25, -0.2) is 14.8 Å². The van der Waals surface area contributed by atoms with E-state index in [2.05, 4.69) is 25.3 Å². The van der Waals surface area contributed by atoms with Gasteiger partial charge in [0.1, 0.15) is 21.9 Å². The molecule has 0 aliphatic carbocycles. The number of hydrogen-bond donors (Lipinski definition) is 5. The number of hydrogen-bond acceptors (Lipinski definition) is 8. The molecule has 1 atom stereocenters. The van der Waals surface area contributed by atoms with E-state index in [0.29, 0.717) is 22.6 Å². The molecule has 1 aromatic carbocycles. The molecule has 0 aliphatic rings. The Kier molecular flexibility index (Phi) is 5.87. The van der Waals surface area contributed by atoms with E-state index in [0.717, 1.165) is 0 Å². The van der Waals surface area contributed by atoms with Crippen LogP contribution >= 0.6 is 11.8 Å². The summed E-state index contributed by atoms with van der Waals surface area (Å²) in [5, 5.41) is 21.5. The molecule has 0 aliphatic heterocycles. The number of nitrogens with two attached hydrogens (primary N) is 1. The fraction of sp³-hybridized carbons (Fsp3) is 0.278. The zero-order chi connectivity index (χ0) is 21.1. The average Bonchev–Trinajstić information content (AvgIpc) is 3.10. The molecular weight excluding hydrogens is 396 g/mol. The van der Waals surface area contributed by atoms with Crippen LogP contribution in [0.3, 0.4) is 0 Å². The number of benzene rings is 1. The maximum Gasteiger partial charge on any atom is 0.339 e. The average molecular weight is 416 g/mol. The van der Waals surface area contributed by atoms with Crippen molar-refractivity contribution in [3.8, 4) is 5.75 Å². The van der Waals surface area contributed by atoms with Gasteiger partial charge in [0.25, 0.3) is 0 Å². The zero-order valence-corrected chi connectivity index (χ0v) is 16.5. The van der Waals surface area contributed by atoms with Crippen molar-refractivity contribution >= 4 is 46.4 Å². The number of aromatic nitrogens is 4. The number of carboxylic acid groups (broad SMARTS) is 1. The second-order valence-electron chi connectivity index (χ2n) is 6.75. The van der Waals surface area contributed by atoms with Gasteiger partial charge in [-0.3, -0.25) is 4.79 Å². The van der Waals surface area contributed by atoms with Crippen LogP contribution in [0.4, 0.5) is 11.6 Å². The first-order chi connectivity index (χ1) is 13.7. The predicted octanol–water partition coefficient (Wildman–Crippen LogP) is 2.48. The molecule has 3 rings (SSSR count). The number of phenols is 1. The summed E-state index contributed by atoms with van der Waals surface area (Å²) in [5.74, 6) is -1.72. The number of nitrogen functional groups attached to an aromatic ring is 1. The van der Waals surface area contributed by atoms with Gasteiger partial charge in [0, 0.05) is 5.69 Å². The molecule has 2 heterocycles. The number of aromatic hydroxyl groups is 1. The lowest BCUT2D eigenvalue weighted by Gasteiger charge is -2.18. The van der Waals surface area contributed by atoms with E-state index in [1.807, 2.05) is 13.8 Å². The number of nitrogens with zero attached hydrogens (tertiary/aromatic N) is 3. The Morgan fingerprint density at radius 1 is 1.31 bits per heavy atom. The van der Waals surface area contributed by atoms with Crippen LogP contribution in [-0.2, 0) is 4.79 Å². The van der Waals surface area contributed by atoms with Gasteiger partial charge in [0.15, 0.2) is 5.65 Å². The Labute approximate surface area is 170 Å². The zero-order valence-electron chi connectivity index (χ0n) is 15.7. The van der Waals surface area contributed by atoms with Crippen LogP contribution in [-0.4, -0.2) is 47.3 Å². The van der Waals surface area contributed by atoms with Crippen molar-refractivity contribution in [2.45, 2.75) is 30.5 Å². The summed E-state index contributed by atoms with van der Waals surface area (Å²) >= 11 is 1.23. The van der Waals surface area contributed by atoms with Crippen molar-refractivity contribution in [3.05, 3.63) is 30.1 Å². The SMILES string of the molecule is CC(C)C[C@H](Sc1nc(N)nc2nc[nH]c12)C(=O)Nc1ccc(O)c(C(=O)O)c1. The van der Waals surface area contributed by atoms with Gasteiger partial charge in [-0.2, -0.15) is 4.98 Å². The van der Waals surface area contributed by atoms with Crippen LogP contribution in [0.5, 0.6) is 5.75 Å². The first kappa shape index (κ1) is 20.4. The number of carboxylic acids is 1. The number of nitrogens with one attached hydrogen (secondary N) is 2. The summed E-state index contributed by atoms with van der Waals surface area (Å²) in [6.45, 7) is 3.98. The van der Waals surface area contributed by atoms with Gasteiger partial charge < -0.3 is 26.2 Å². The number of aromatic amines is 1. The quantitative estimate of drug-likeness (QED) is 0.221. The highest BCUT2D eigenvalue weighted by molar-refractivity contribution is 8.00. The molecule has 29 heavy (non-hydrogen) atoms. The summed E-state index contributed by atoms with van der Waals surface area (Å²) in [6, 6.07) is 3.87. The summed E-state index contributed by atoms with van der Waals surface area (Å²) in [7, 11) is 0. The van der Waals surface area contributed by atoms with Crippen molar-refractivity contribution in [2.24, 2.45) is 5.92 Å². The number of aromatic carboxylic acids is 1. The fourth-order valence-electron chi connectivity index (χ4n) is 2.69. The highest BCUT2D eigenvalue weighted by Crippen LogP contribution is 2.32. The highest BCUT2D eigenvalue weighted by atomic mass is 32.2. The molecule has 0 saturated carbocycles. The Morgan fingerprint density at radius 3 is 2.76 bits per heavy atom. The van der Waals surface area contributed by atoms with Crippen LogP contribution in [0.2, 0.25) is 0 Å². The molecule has 0 saturated heterocycles. The molecule has 0 bridgehead atoms. The summed E-state index contributed by atoms with van der Waals surface area (Å²) in [4.78, 5) is 39.4. The predicted molar refractivity (Wildman–Crippen MR) is 109 cm³/mol. The molecule has 0 unspecified atom stereocenters. The molecule has 0 radical (unpaired) electrons. The molecule has 2 aromatic heterocycles. The third-order valence-electron chi connectivity index (χ3n) is 4.00. The van der Waals surface area contributed by atoms with E-state index >= 15 is 0 Å². The van der Waals surface area contributed by atoms with E-state index in [4.69, 9.17) is 10.8 Å². The van der Waals surface area contributed by atoms with Crippen molar-refractivity contribution in [1.82, 2.24) is 19.9 Å². The topological polar surface area (TPSA) is 167 Å². The van der Waals surface area contributed by atoms with E-state index < -0.39 is 11.2 Å². The number of thioether (sulfide) groups is 1. The van der Waals surface area contributed by atoms with Gasteiger partial charge in [-0.05, 0) is 30.5 Å². The largest absolute Gasteiger partial charge is 0.507 e. The van der Waals surface area contributed by atoms with Crippen molar-refractivity contribution in [3.63, 3.8) is 0 Å². The monoisotopic (exact) mass is 416 g/mol. The number of carbonyl (C=O) groups is 2. The molecular formula is C18H20N6O4S. The Balaban J connectivity index is 1.86. The summed E-state index contributed by atoms with van der Waals surface area (Å²) in [5.41, 5.74) is 6.73. The van der Waals surface area contributed by atoms with E-state index in [1.165, 1.54) is 36.3 Å². The second kappa shape index (κ2) is 8.35. The first-order valence-corrected chi connectivity index (χ1v) is 9.63. The first-order valence-electron chi connectivity index (χ1n) is 8.75. The Hall–Kier alpha value is -3.34. The maximum atomic E-state index is 12.9. The van der Waals surface area contributed by atoms with Gasteiger partial charge in [0.2, 0.25) is 11.9 Å². The van der Waals surface area contributed by atoms with E-state index in [-0.39, 0.29) is 34.8 Å². The van der Waals surface area contributed by atoms with Gasteiger partial charge in [-0.15, -0.1) is 0 Å². The highest BCUT2D eigenvalue weighted by Gasteiger charge is 2.24. The number of fused-ring (bicyclic) bond motifs is 1. The third kappa shape index (κ3) is 4.74. The number of H-pyrrole nitrogens is 1. The lowest BCUT2D eigenvalue weighted by molar-refractivity contribution is -0.116. The normalized spacial score (nSPS) is 12.2. The van der Waals surface area contributed by atoms with Crippen molar-refractivity contribution in [1.29, 1.82) is 0 Å². The van der Waals surface area contributed by atoms with Gasteiger partial charge in [-0.1, -0.05) is 25.6 Å². The minimum atomic E-state index is -1.29. The summed E-state index contributed by atoms with van der Waals surface area (Å²) in [6.07, 6.45) is 2.02. The lowest BCUT2D eigenvalue weighted by Crippen LogP contribution is -2.27. The smallest absolute Gasteiger partial charge is 0.339 e. The van der Waals surface area contributed by atoms with Crippen LogP contribution < -0.4 is 11.1 Å². The Morgan fingerprint density at radius 2 is 2.07 bits per heavy atom. The van der Waals surface area contributed by atoms with E-state index in [9.17, 15) is 14.7 Å². The van der Waals surface area contributed by atoms with Crippen LogP contribution in [0.25, 0.3) is 11.2 Å². The number of imidazole rings is 1. The minimum Gasteiger partial charge on any atom is -0.507 e. The fourth-order valence-corrected chi connectivity index (χ4v) is 4.02. The molecule has 3 aromatic rings. The number of anilines is 2. The molecule has 1 amide bonds. The number of amides is 1.